The molecule has 0 spiro atoms. The van der Waals surface area contributed by atoms with Crippen molar-refractivity contribution in [1.29, 1.82) is 0 Å². The molecule has 5 nitrogen and oxygen atoms in total. The van der Waals surface area contributed by atoms with E-state index >= 15 is 0 Å². The summed E-state index contributed by atoms with van der Waals surface area (Å²) in [5.74, 6) is -1.46. The van der Waals surface area contributed by atoms with Crippen molar-refractivity contribution < 1.29 is 19.7 Å². The van der Waals surface area contributed by atoms with Crippen LogP contribution in [0, 0.1) is 0 Å². The molecule has 0 amide bonds. The number of nitrogens with two attached hydrogens (primary N) is 1. The van der Waals surface area contributed by atoms with Gasteiger partial charge in [-0.2, -0.15) is 0 Å². The summed E-state index contributed by atoms with van der Waals surface area (Å²) in [5.41, 5.74) is 5.39. The minimum atomic E-state index is -0.588. The van der Waals surface area contributed by atoms with E-state index in [9.17, 15) is 4.79 Å². The predicted molar refractivity (Wildman–Crippen MR) is 50.1 cm³/mol. The van der Waals surface area contributed by atoms with Crippen molar-refractivity contribution in [3.63, 3.8) is 0 Å². The number of aromatic hydroxyl groups is 2. The van der Waals surface area contributed by atoms with Gasteiger partial charge in [-0.1, -0.05) is 0 Å². The zero-order valence-electron chi connectivity index (χ0n) is 7.65. The lowest BCUT2D eigenvalue weighted by molar-refractivity contribution is 0.0526. The summed E-state index contributed by atoms with van der Waals surface area (Å²) in [6, 6.07) is 2.34. The summed E-state index contributed by atoms with van der Waals surface area (Å²) < 4.78 is 4.69. The number of benzene rings is 1. The van der Waals surface area contributed by atoms with E-state index in [1.807, 2.05) is 0 Å². The SMILES string of the molecule is CCOC(=O)c1cc(N)c(O)c(O)c1. The molecular formula is C9H11NO4. The van der Waals surface area contributed by atoms with E-state index in [4.69, 9.17) is 20.7 Å². The van der Waals surface area contributed by atoms with E-state index in [1.54, 1.807) is 6.92 Å². The van der Waals surface area contributed by atoms with E-state index in [1.165, 1.54) is 6.07 Å². The molecular weight excluding hydrogens is 186 g/mol. The van der Waals surface area contributed by atoms with Crippen LogP contribution in [0.25, 0.3) is 0 Å². The number of carbonyl (C=O) groups is 1. The molecule has 76 valence electrons. The van der Waals surface area contributed by atoms with Gasteiger partial charge in [0, 0.05) is 0 Å². The second kappa shape index (κ2) is 3.87. The summed E-state index contributed by atoms with van der Waals surface area (Å²) in [7, 11) is 0. The Morgan fingerprint density at radius 2 is 2.14 bits per heavy atom. The van der Waals surface area contributed by atoms with Crippen LogP contribution in [0.4, 0.5) is 5.69 Å². The van der Waals surface area contributed by atoms with Gasteiger partial charge in [0.25, 0.3) is 0 Å². The molecule has 5 heteroatoms. The maximum absolute atomic E-state index is 11.2. The van der Waals surface area contributed by atoms with Crippen LogP contribution in [0.1, 0.15) is 17.3 Å². The molecule has 1 aromatic rings. The van der Waals surface area contributed by atoms with Crippen molar-refractivity contribution >= 4 is 11.7 Å². The predicted octanol–water partition coefficient (Wildman–Crippen LogP) is 0.857. The molecule has 0 radical (unpaired) electrons. The fourth-order valence-corrected chi connectivity index (χ4v) is 0.973. The molecule has 0 saturated carbocycles. The third-order valence-corrected chi connectivity index (χ3v) is 1.63. The zero-order valence-corrected chi connectivity index (χ0v) is 7.65. The summed E-state index contributed by atoms with van der Waals surface area (Å²) in [4.78, 5) is 11.2. The van der Waals surface area contributed by atoms with Gasteiger partial charge in [-0.05, 0) is 19.1 Å². The Kier molecular flexibility index (Phi) is 2.81. The van der Waals surface area contributed by atoms with Crippen molar-refractivity contribution in [3.8, 4) is 11.5 Å². The van der Waals surface area contributed by atoms with Crippen LogP contribution in [-0.2, 0) is 4.74 Å². The monoisotopic (exact) mass is 197 g/mol. The molecule has 4 N–H and O–H groups in total. The van der Waals surface area contributed by atoms with Crippen LogP contribution >= 0.6 is 0 Å². The zero-order chi connectivity index (χ0) is 10.7. The fraction of sp³-hybridized carbons (Fsp3) is 0.222. The van der Waals surface area contributed by atoms with Gasteiger partial charge in [0.05, 0.1) is 17.9 Å². The van der Waals surface area contributed by atoms with Gasteiger partial charge in [-0.15, -0.1) is 0 Å². The van der Waals surface area contributed by atoms with Crippen molar-refractivity contribution in [2.45, 2.75) is 6.92 Å². The van der Waals surface area contributed by atoms with E-state index in [0.29, 0.717) is 0 Å². The number of carbonyl (C=O) groups excluding carboxylic acids is 1. The normalized spacial score (nSPS) is 9.79. The average molecular weight is 197 g/mol. The molecule has 0 heterocycles. The van der Waals surface area contributed by atoms with Gasteiger partial charge < -0.3 is 20.7 Å². The standard InChI is InChI=1S/C9H11NO4/c1-2-14-9(13)5-3-6(10)8(12)7(11)4-5/h3-4,11-12H,2,10H2,1H3. The average Bonchev–Trinajstić information content (AvgIpc) is 2.13. The Bertz CT molecular complexity index is 339. The van der Waals surface area contributed by atoms with Gasteiger partial charge in [0.15, 0.2) is 11.5 Å². The highest BCUT2D eigenvalue weighted by Gasteiger charge is 2.12. The molecule has 0 aromatic heterocycles. The molecule has 0 fully saturated rings. The van der Waals surface area contributed by atoms with Crippen molar-refractivity contribution in [2.24, 2.45) is 0 Å². The number of phenols is 2. The minimum Gasteiger partial charge on any atom is -0.504 e. The lowest BCUT2D eigenvalue weighted by Crippen LogP contribution is -2.05. The Labute approximate surface area is 80.7 Å². The van der Waals surface area contributed by atoms with Crippen LogP contribution < -0.4 is 5.73 Å². The van der Waals surface area contributed by atoms with Gasteiger partial charge in [0.2, 0.25) is 0 Å². The van der Waals surface area contributed by atoms with Crippen LogP contribution in [0.15, 0.2) is 12.1 Å². The number of phenolic OH excluding ortho intramolecular Hbond substituents is 2. The Balaban J connectivity index is 3.06. The first-order valence-electron chi connectivity index (χ1n) is 4.04. The van der Waals surface area contributed by atoms with Crippen molar-refractivity contribution in [1.82, 2.24) is 0 Å². The highest BCUT2D eigenvalue weighted by Crippen LogP contribution is 2.32. The molecule has 14 heavy (non-hydrogen) atoms. The molecule has 0 aliphatic carbocycles. The summed E-state index contributed by atoms with van der Waals surface area (Å²) in [6.07, 6.45) is 0. The second-order valence-corrected chi connectivity index (χ2v) is 2.65. The number of ether oxygens (including phenoxy) is 1. The van der Waals surface area contributed by atoms with Gasteiger partial charge in [0.1, 0.15) is 0 Å². The molecule has 1 aromatic carbocycles. The molecule has 1 rings (SSSR count). The van der Waals surface area contributed by atoms with Crippen LogP contribution in [0.3, 0.4) is 0 Å². The first kappa shape index (κ1) is 10.2. The van der Waals surface area contributed by atoms with Crippen molar-refractivity contribution in [3.05, 3.63) is 17.7 Å². The Morgan fingerprint density at radius 3 is 2.64 bits per heavy atom. The number of hydrogen-bond acceptors (Lipinski definition) is 5. The van der Waals surface area contributed by atoms with Crippen molar-refractivity contribution in [2.75, 3.05) is 12.3 Å². The van der Waals surface area contributed by atoms with E-state index in [-0.39, 0.29) is 17.9 Å². The largest absolute Gasteiger partial charge is 0.504 e. The minimum absolute atomic E-state index is 0.0620. The van der Waals surface area contributed by atoms with Crippen LogP contribution in [0.5, 0.6) is 11.5 Å². The van der Waals surface area contributed by atoms with Gasteiger partial charge in [-0.3, -0.25) is 0 Å². The number of nitrogen functional groups attached to an aromatic ring is 1. The van der Waals surface area contributed by atoms with E-state index in [0.717, 1.165) is 6.07 Å². The number of hydrogen-bond donors (Lipinski definition) is 3. The summed E-state index contributed by atoms with van der Waals surface area (Å²) in [5, 5.41) is 18.3. The van der Waals surface area contributed by atoms with E-state index in [2.05, 4.69) is 0 Å². The van der Waals surface area contributed by atoms with Crippen LogP contribution in [-0.4, -0.2) is 22.8 Å². The maximum atomic E-state index is 11.2. The smallest absolute Gasteiger partial charge is 0.338 e. The third-order valence-electron chi connectivity index (χ3n) is 1.63. The van der Waals surface area contributed by atoms with Gasteiger partial charge in [-0.25, -0.2) is 4.79 Å². The van der Waals surface area contributed by atoms with Gasteiger partial charge >= 0.3 is 5.97 Å². The Morgan fingerprint density at radius 1 is 1.50 bits per heavy atom. The quantitative estimate of drug-likeness (QED) is 0.371. The molecule has 0 unspecified atom stereocenters. The fourth-order valence-electron chi connectivity index (χ4n) is 0.973. The topological polar surface area (TPSA) is 92.8 Å². The maximum Gasteiger partial charge on any atom is 0.338 e. The number of esters is 1. The third kappa shape index (κ3) is 1.87. The van der Waals surface area contributed by atoms with E-state index < -0.39 is 17.5 Å². The summed E-state index contributed by atoms with van der Waals surface area (Å²) >= 11 is 0. The number of rotatable bonds is 2. The second-order valence-electron chi connectivity index (χ2n) is 2.65. The highest BCUT2D eigenvalue weighted by atomic mass is 16.5. The number of anilines is 1. The molecule has 0 aliphatic heterocycles. The first-order chi connectivity index (χ1) is 6.56. The highest BCUT2D eigenvalue weighted by molar-refractivity contribution is 5.92. The Hall–Kier alpha value is -1.91. The molecule has 0 atom stereocenters. The lowest BCUT2D eigenvalue weighted by atomic mass is 10.2. The van der Waals surface area contributed by atoms with Crippen LogP contribution in [0.2, 0.25) is 0 Å². The summed E-state index contributed by atoms with van der Waals surface area (Å²) in [6.45, 7) is 1.90. The molecule has 0 saturated heterocycles. The lowest BCUT2D eigenvalue weighted by Gasteiger charge is -2.05. The first-order valence-corrected chi connectivity index (χ1v) is 4.04. The molecule has 0 bridgehead atoms. The molecule has 0 aliphatic rings.